The first-order valence-electron chi connectivity index (χ1n) is 8.29. The van der Waals surface area contributed by atoms with Crippen molar-refractivity contribution >= 4 is 23.5 Å². The van der Waals surface area contributed by atoms with Crippen LogP contribution in [0.25, 0.3) is 0 Å². The van der Waals surface area contributed by atoms with Crippen molar-refractivity contribution in [3.63, 3.8) is 0 Å². The SMILES string of the molecule is CC.CCc1ccc(F)c(SCc2ccccc2NC(=O)N(C)N)c1. The molecule has 0 saturated carbocycles. The van der Waals surface area contributed by atoms with Gasteiger partial charge < -0.3 is 5.32 Å². The fourth-order valence-electron chi connectivity index (χ4n) is 2.01. The Morgan fingerprint density at radius 2 is 1.92 bits per heavy atom. The number of anilines is 1. The third kappa shape index (κ3) is 6.40. The van der Waals surface area contributed by atoms with Crippen molar-refractivity contribution in [2.24, 2.45) is 5.84 Å². The zero-order chi connectivity index (χ0) is 18.8. The van der Waals surface area contributed by atoms with Gasteiger partial charge in [-0.2, -0.15) is 0 Å². The number of urea groups is 1. The molecule has 0 radical (unpaired) electrons. The van der Waals surface area contributed by atoms with Crippen molar-refractivity contribution in [3.05, 3.63) is 59.4 Å². The van der Waals surface area contributed by atoms with Gasteiger partial charge in [0.05, 0.1) is 0 Å². The standard InChI is InChI=1S/C17H20FN3OS.C2H6/c1-3-12-8-9-14(18)16(10-12)23-11-13-6-4-5-7-15(13)20-17(22)21(2)19;1-2/h4-10H,3,11,19H2,1-2H3,(H,20,22);1-2H3. The average molecular weight is 364 g/mol. The molecule has 0 saturated heterocycles. The molecule has 2 rings (SSSR count). The first-order valence-corrected chi connectivity index (χ1v) is 9.28. The molecule has 25 heavy (non-hydrogen) atoms. The van der Waals surface area contributed by atoms with Gasteiger partial charge in [0.15, 0.2) is 0 Å². The summed E-state index contributed by atoms with van der Waals surface area (Å²) in [7, 11) is 1.47. The fourth-order valence-corrected chi connectivity index (χ4v) is 3.01. The Kier molecular flexibility index (Phi) is 9.02. The van der Waals surface area contributed by atoms with Gasteiger partial charge in [0.1, 0.15) is 5.82 Å². The highest BCUT2D eigenvalue weighted by Gasteiger charge is 2.10. The van der Waals surface area contributed by atoms with Gasteiger partial charge in [0.2, 0.25) is 0 Å². The van der Waals surface area contributed by atoms with Gasteiger partial charge in [-0.1, -0.05) is 45.0 Å². The molecule has 0 heterocycles. The summed E-state index contributed by atoms with van der Waals surface area (Å²) in [4.78, 5) is 12.3. The van der Waals surface area contributed by atoms with Crippen LogP contribution in [0, 0.1) is 5.82 Å². The molecule has 2 amide bonds. The van der Waals surface area contributed by atoms with E-state index in [0.717, 1.165) is 22.6 Å². The van der Waals surface area contributed by atoms with Crippen LogP contribution in [0.1, 0.15) is 31.9 Å². The highest BCUT2D eigenvalue weighted by atomic mass is 32.2. The number of amides is 2. The van der Waals surface area contributed by atoms with Crippen LogP contribution in [-0.2, 0) is 12.2 Å². The first-order chi connectivity index (χ1) is 12.0. The molecule has 0 unspecified atom stereocenters. The second kappa shape index (κ2) is 10.7. The number of benzene rings is 2. The van der Waals surface area contributed by atoms with E-state index in [1.54, 1.807) is 12.1 Å². The van der Waals surface area contributed by atoms with Crippen molar-refractivity contribution in [2.75, 3.05) is 12.4 Å². The molecule has 0 fully saturated rings. The second-order valence-corrected chi connectivity index (χ2v) is 6.12. The summed E-state index contributed by atoms with van der Waals surface area (Å²) in [6.07, 6.45) is 0.864. The lowest BCUT2D eigenvalue weighted by molar-refractivity contribution is 0.223. The zero-order valence-corrected chi connectivity index (χ0v) is 16.0. The number of hydrogen-bond donors (Lipinski definition) is 2. The number of nitrogens with one attached hydrogen (secondary N) is 1. The number of thioether (sulfide) groups is 1. The number of nitrogens with zero attached hydrogens (tertiary/aromatic N) is 1. The zero-order valence-electron chi connectivity index (χ0n) is 15.2. The van der Waals surface area contributed by atoms with E-state index in [-0.39, 0.29) is 5.82 Å². The van der Waals surface area contributed by atoms with Crippen LogP contribution in [0.15, 0.2) is 47.4 Å². The number of nitrogens with two attached hydrogens (primary N) is 1. The van der Waals surface area contributed by atoms with E-state index in [0.29, 0.717) is 16.3 Å². The number of rotatable bonds is 5. The minimum Gasteiger partial charge on any atom is -0.306 e. The predicted octanol–water partition coefficient (Wildman–Crippen LogP) is 5.04. The summed E-state index contributed by atoms with van der Waals surface area (Å²) < 4.78 is 13.9. The molecular weight excluding hydrogens is 337 g/mol. The van der Waals surface area contributed by atoms with Gasteiger partial charge in [0, 0.05) is 23.4 Å². The van der Waals surface area contributed by atoms with E-state index in [2.05, 4.69) is 5.32 Å². The van der Waals surface area contributed by atoms with Crippen molar-refractivity contribution in [1.29, 1.82) is 0 Å². The van der Waals surface area contributed by atoms with E-state index in [1.165, 1.54) is 24.9 Å². The van der Waals surface area contributed by atoms with Gasteiger partial charge in [-0.3, -0.25) is 5.01 Å². The molecule has 0 atom stereocenters. The van der Waals surface area contributed by atoms with E-state index >= 15 is 0 Å². The van der Waals surface area contributed by atoms with Crippen LogP contribution in [-0.4, -0.2) is 18.1 Å². The lowest BCUT2D eigenvalue weighted by Gasteiger charge is -2.15. The number of aryl methyl sites for hydroxylation is 1. The minimum absolute atomic E-state index is 0.226. The highest BCUT2D eigenvalue weighted by Crippen LogP contribution is 2.29. The summed E-state index contributed by atoms with van der Waals surface area (Å²) in [6.45, 7) is 6.04. The molecule has 0 aliphatic heterocycles. The summed E-state index contributed by atoms with van der Waals surface area (Å²) in [5, 5.41) is 3.72. The van der Waals surface area contributed by atoms with Crippen LogP contribution in [0.4, 0.5) is 14.9 Å². The van der Waals surface area contributed by atoms with Crippen molar-refractivity contribution < 1.29 is 9.18 Å². The van der Waals surface area contributed by atoms with Crippen LogP contribution >= 0.6 is 11.8 Å². The van der Waals surface area contributed by atoms with E-state index in [9.17, 15) is 9.18 Å². The molecule has 3 N–H and O–H groups in total. The maximum absolute atomic E-state index is 13.9. The summed E-state index contributed by atoms with van der Waals surface area (Å²) in [5.74, 6) is 5.74. The van der Waals surface area contributed by atoms with Crippen LogP contribution in [0.2, 0.25) is 0 Å². The third-order valence-electron chi connectivity index (χ3n) is 3.37. The van der Waals surface area contributed by atoms with Crippen LogP contribution in [0.5, 0.6) is 0 Å². The normalized spacial score (nSPS) is 9.84. The Hall–Kier alpha value is -2.05. The highest BCUT2D eigenvalue weighted by molar-refractivity contribution is 7.98. The molecule has 2 aromatic rings. The minimum atomic E-state index is -0.401. The Morgan fingerprint density at radius 3 is 2.56 bits per heavy atom. The molecule has 0 aromatic heterocycles. The molecular formula is C19H26FN3OS. The molecule has 136 valence electrons. The fraction of sp³-hybridized carbons (Fsp3) is 0.316. The number of para-hydroxylation sites is 1. The largest absolute Gasteiger partial charge is 0.335 e. The van der Waals surface area contributed by atoms with Crippen molar-refractivity contribution in [3.8, 4) is 0 Å². The number of carbonyl (C=O) groups excluding carboxylic acids is 1. The predicted molar refractivity (Wildman–Crippen MR) is 104 cm³/mol. The van der Waals surface area contributed by atoms with Gasteiger partial charge >= 0.3 is 6.03 Å². The quantitative estimate of drug-likeness (QED) is 0.338. The van der Waals surface area contributed by atoms with E-state index in [1.807, 2.05) is 45.0 Å². The Bertz CT molecular complexity index is 692. The third-order valence-corrected chi connectivity index (χ3v) is 4.45. The number of carbonyl (C=O) groups is 1. The molecule has 0 spiro atoms. The van der Waals surface area contributed by atoms with Gasteiger partial charge in [-0.15, -0.1) is 11.8 Å². The second-order valence-electron chi connectivity index (χ2n) is 5.11. The average Bonchev–Trinajstić information content (AvgIpc) is 2.63. The smallest absolute Gasteiger partial charge is 0.306 e. The molecule has 0 bridgehead atoms. The first kappa shape index (κ1) is 21.0. The molecule has 2 aromatic carbocycles. The topological polar surface area (TPSA) is 58.4 Å². The lowest BCUT2D eigenvalue weighted by atomic mass is 10.2. The Morgan fingerprint density at radius 1 is 1.24 bits per heavy atom. The van der Waals surface area contributed by atoms with Gasteiger partial charge in [-0.05, 0) is 35.7 Å². The number of hydrogen-bond acceptors (Lipinski definition) is 3. The maximum Gasteiger partial charge on any atom is 0.335 e. The van der Waals surface area contributed by atoms with E-state index in [4.69, 9.17) is 5.84 Å². The summed E-state index contributed by atoms with van der Waals surface area (Å²) in [6, 6.07) is 12.2. The number of hydrazine groups is 1. The number of halogens is 1. The monoisotopic (exact) mass is 363 g/mol. The Balaban J connectivity index is 0.00000151. The van der Waals surface area contributed by atoms with Crippen molar-refractivity contribution in [2.45, 2.75) is 37.8 Å². The molecule has 4 nitrogen and oxygen atoms in total. The molecule has 0 aliphatic carbocycles. The van der Waals surface area contributed by atoms with Gasteiger partial charge in [0.25, 0.3) is 0 Å². The Labute approximate surface area is 153 Å². The molecule has 6 heteroatoms. The summed E-state index contributed by atoms with van der Waals surface area (Å²) >= 11 is 1.41. The van der Waals surface area contributed by atoms with Crippen molar-refractivity contribution in [1.82, 2.24) is 5.01 Å². The van der Waals surface area contributed by atoms with Crippen LogP contribution < -0.4 is 11.2 Å². The van der Waals surface area contributed by atoms with Gasteiger partial charge in [-0.25, -0.2) is 15.0 Å². The summed E-state index contributed by atoms with van der Waals surface area (Å²) in [5.41, 5.74) is 2.68. The maximum atomic E-state index is 13.9. The lowest BCUT2D eigenvalue weighted by Crippen LogP contribution is -2.37. The molecule has 0 aliphatic rings. The van der Waals surface area contributed by atoms with E-state index < -0.39 is 6.03 Å². The van der Waals surface area contributed by atoms with Crippen LogP contribution in [0.3, 0.4) is 0 Å².